The molecule has 2 N–H and O–H groups in total. The van der Waals surface area contributed by atoms with Gasteiger partial charge in [0.05, 0.1) is 28.5 Å². The molecular weight excluding hydrogens is 312 g/mol. The summed E-state index contributed by atoms with van der Waals surface area (Å²) in [5.41, 5.74) is 4.80. The summed E-state index contributed by atoms with van der Waals surface area (Å²) in [6.45, 7) is 4.10. The maximum atomic E-state index is 4.64. The highest BCUT2D eigenvalue weighted by molar-refractivity contribution is 5.76. The van der Waals surface area contributed by atoms with Gasteiger partial charge in [-0.3, -0.25) is 4.98 Å². The topological polar surface area (TPSA) is 79.4 Å². The number of hydrogen-bond acceptors (Lipinski definition) is 5. The van der Waals surface area contributed by atoms with Crippen molar-refractivity contribution in [2.24, 2.45) is 0 Å². The third-order valence-electron chi connectivity index (χ3n) is 3.99. The van der Waals surface area contributed by atoms with Gasteiger partial charge in [0.1, 0.15) is 5.82 Å². The summed E-state index contributed by atoms with van der Waals surface area (Å²) in [6.07, 6.45) is 3.48. The van der Waals surface area contributed by atoms with E-state index in [0.29, 0.717) is 5.95 Å². The fourth-order valence-corrected chi connectivity index (χ4v) is 2.70. The Morgan fingerprint density at radius 3 is 2.72 bits per heavy atom. The highest BCUT2D eigenvalue weighted by atomic mass is 15.1. The SMILES string of the molecule is Cc1ccc2nc(C(C)Nc3nccc(-c4ccccn4)n3)[nH]c2c1. The van der Waals surface area contributed by atoms with Crippen LogP contribution in [0.15, 0.2) is 54.9 Å². The van der Waals surface area contributed by atoms with E-state index < -0.39 is 0 Å². The fraction of sp³-hybridized carbons (Fsp3) is 0.158. The first-order chi connectivity index (χ1) is 12.2. The van der Waals surface area contributed by atoms with Crippen LogP contribution in [0.4, 0.5) is 5.95 Å². The second kappa shape index (κ2) is 6.32. The Morgan fingerprint density at radius 2 is 1.88 bits per heavy atom. The van der Waals surface area contributed by atoms with Gasteiger partial charge in [-0.1, -0.05) is 12.1 Å². The normalized spacial score (nSPS) is 12.2. The standard InChI is InChI=1S/C19H18N6/c1-12-6-7-15-17(11-12)24-18(23-15)13(2)22-19-21-10-8-16(25-19)14-5-3-4-9-20-14/h3-11,13H,1-2H3,(H,23,24)(H,21,22,25). The summed E-state index contributed by atoms with van der Waals surface area (Å²) in [5, 5.41) is 3.30. The molecule has 3 aromatic heterocycles. The zero-order valence-electron chi connectivity index (χ0n) is 14.1. The zero-order valence-corrected chi connectivity index (χ0v) is 14.1. The lowest BCUT2D eigenvalue weighted by Gasteiger charge is -2.11. The molecule has 0 radical (unpaired) electrons. The molecule has 1 unspecified atom stereocenters. The van der Waals surface area contributed by atoms with Gasteiger partial charge in [0.2, 0.25) is 5.95 Å². The first-order valence-electron chi connectivity index (χ1n) is 8.16. The van der Waals surface area contributed by atoms with Gasteiger partial charge in [-0.25, -0.2) is 15.0 Å². The molecule has 0 saturated heterocycles. The smallest absolute Gasteiger partial charge is 0.223 e. The predicted molar refractivity (Wildman–Crippen MR) is 98.1 cm³/mol. The second-order valence-electron chi connectivity index (χ2n) is 5.99. The van der Waals surface area contributed by atoms with Crippen molar-refractivity contribution in [3.63, 3.8) is 0 Å². The summed E-state index contributed by atoms with van der Waals surface area (Å²) in [5.74, 6) is 1.40. The number of pyridine rings is 1. The van der Waals surface area contributed by atoms with Gasteiger partial charge in [0.15, 0.2) is 0 Å². The molecular formula is C19H18N6. The van der Waals surface area contributed by atoms with E-state index in [9.17, 15) is 0 Å². The molecule has 124 valence electrons. The van der Waals surface area contributed by atoms with Crippen LogP contribution in [0.25, 0.3) is 22.4 Å². The van der Waals surface area contributed by atoms with E-state index in [-0.39, 0.29) is 6.04 Å². The number of nitrogens with zero attached hydrogens (tertiary/aromatic N) is 4. The Morgan fingerprint density at radius 1 is 0.960 bits per heavy atom. The van der Waals surface area contributed by atoms with Crippen molar-refractivity contribution in [3.8, 4) is 11.4 Å². The van der Waals surface area contributed by atoms with Crippen LogP contribution in [0.3, 0.4) is 0 Å². The van der Waals surface area contributed by atoms with Gasteiger partial charge in [-0.05, 0) is 49.7 Å². The molecule has 4 aromatic rings. The van der Waals surface area contributed by atoms with Gasteiger partial charge in [-0.15, -0.1) is 0 Å². The van der Waals surface area contributed by atoms with Crippen LogP contribution in [-0.2, 0) is 0 Å². The molecule has 4 rings (SSSR count). The van der Waals surface area contributed by atoms with Gasteiger partial charge < -0.3 is 10.3 Å². The van der Waals surface area contributed by atoms with Crippen LogP contribution in [0.1, 0.15) is 24.4 Å². The fourth-order valence-electron chi connectivity index (χ4n) is 2.70. The minimum Gasteiger partial charge on any atom is -0.345 e. The average Bonchev–Trinajstić information content (AvgIpc) is 3.06. The van der Waals surface area contributed by atoms with Crippen LogP contribution in [0.2, 0.25) is 0 Å². The van der Waals surface area contributed by atoms with Gasteiger partial charge in [0.25, 0.3) is 0 Å². The second-order valence-corrected chi connectivity index (χ2v) is 5.99. The number of rotatable bonds is 4. The lowest BCUT2D eigenvalue weighted by atomic mass is 10.2. The quantitative estimate of drug-likeness (QED) is 0.593. The molecule has 0 spiro atoms. The maximum Gasteiger partial charge on any atom is 0.223 e. The predicted octanol–water partition coefficient (Wildman–Crippen LogP) is 3.90. The largest absolute Gasteiger partial charge is 0.345 e. The van der Waals surface area contributed by atoms with Crippen LogP contribution in [0.5, 0.6) is 0 Å². The number of aryl methyl sites for hydroxylation is 1. The third kappa shape index (κ3) is 3.19. The molecule has 6 heteroatoms. The van der Waals surface area contributed by atoms with E-state index in [0.717, 1.165) is 28.2 Å². The van der Waals surface area contributed by atoms with E-state index in [1.165, 1.54) is 5.56 Å². The van der Waals surface area contributed by atoms with Crippen molar-refractivity contribution in [3.05, 3.63) is 66.2 Å². The van der Waals surface area contributed by atoms with Crippen molar-refractivity contribution in [1.82, 2.24) is 24.9 Å². The summed E-state index contributed by atoms with van der Waals surface area (Å²) in [4.78, 5) is 21.2. The van der Waals surface area contributed by atoms with Crippen molar-refractivity contribution >= 4 is 17.0 Å². The number of hydrogen-bond donors (Lipinski definition) is 2. The molecule has 0 bridgehead atoms. The number of anilines is 1. The maximum absolute atomic E-state index is 4.64. The number of aromatic amines is 1. The van der Waals surface area contributed by atoms with Crippen molar-refractivity contribution < 1.29 is 0 Å². The molecule has 6 nitrogen and oxygen atoms in total. The van der Waals surface area contributed by atoms with E-state index in [2.05, 4.69) is 49.3 Å². The minimum absolute atomic E-state index is 0.0494. The lowest BCUT2D eigenvalue weighted by molar-refractivity contribution is 0.800. The Kier molecular flexibility index (Phi) is 3.85. The van der Waals surface area contributed by atoms with E-state index in [1.807, 2.05) is 37.3 Å². The number of nitrogens with one attached hydrogen (secondary N) is 2. The molecule has 1 atom stereocenters. The number of H-pyrrole nitrogens is 1. The number of benzene rings is 1. The van der Waals surface area contributed by atoms with E-state index in [1.54, 1.807) is 12.4 Å². The zero-order chi connectivity index (χ0) is 17.2. The van der Waals surface area contributed by atoms with Crippen LogP contribution in [-0.4, -0.2) is 24.9 Å². The Balaban J connectivity index is 1.58. The average molecular weight is 330 g/mol. The number of imidazole rings is 1. The molecule has 0 aliphatic heterocycles. The molecule has 25 heavy (non-hydrogen) atoms. The molecule has 0 fully saturated rings. The molecule has 0 aliphatic carbocycles. The Bertz CT molecular complexity index is 1010. The summed E-state index contributed by atoms with van der Waals surface area (Å²) < 4.78 is 0. The minimum atomic E-state index is -0.0494. The molecule has 0 aliphatic rings. The first kappa shape index (κ1) is 15.3. The highest BCUT2D eigenvalue weighted by Gasteiger charge is 2.12. The third-order valence-corrected chi connectivity index (χ3v) is 3.99. The van der Waals surface area contributed by atoms with Gasteiger partial charge in [0, 0.05) is 12.4 Å². The summed E-state index contributed by atoms with van der Waals surface area (Å²) in [7, 11) is 0. The number of aromatic nitrogens is 5. The molecule has 0 saturated carbocycles. The first-order valence-corrected chi connectivity index (χ1v) is 8.16. The van der Waals surface area contributed by atoms with Crippen molar-refractivity contribution in [1.29, 1.82) is 0 Å². The Hall–Kier alpha value is -3.28. The van der Waals surface area contributed by atoms with Crippen molar-refractivity contribution in [2.45, 2.75) is 19.9 Å². The van der Waals surface area contributed by atoms with Crippen LogP contribution < -0.4 is 5.32 Å². The van der Waals surface area contributed by atoms with Crippen LogP contribution in [0, 0.1) is 6.92 Å². The van der Waals surface area contributed by atoms with Gasteiger partial charge >= 0.3 is 0 Å². The van der Waals surface area contributed by atoms with Gasteiger partial charge in [-0.2, -0.15) is 0 Å². The van der Waals surface area contributed by atoms with Crippen molar-refractivity contribution in [2.75, 3.05) is 5.32 Å². The molecule has 1 aromatic carbocycles. The number of fused-ring (bicyclic) bond motifs is 1. The Labute approximate surface area is 145 Å². The summed E-state index contributed by atoms with van der Waals surface area (Å²) in [6, 6.07) is 13.7. The summed E-state index contributed by atoms with van der Waals surface area (Å²) >= 11 is 0. The van der Waals surface area contributed by atoms with Crippen LogP contribution >= 0.6 is 0 Å². The van der Waals surface area contributed by atoms with E-state index in [4.69, 9.17) is 0 Å². The lowest BCUT2D eigenvalue weighted by Crippen LogP contribution is -2.11. The molecule has 3 heterocycles. The van der Waals surface area contributed by atoms with E-state index >= 15 is 0 Å². The molecule has 0 amide bonds. The highest BCUT2D eigenvalue weighted by Crippen LogP contribution is 2.20. The monoisotopic (exact) mass is 330 g/mol.